The maximum absolute atomic E-state index is 14.5. The second-order valence-electron chi connectivity index (χ2n) is 14.5. The topological polar surface area (TPSA) is 158 Å². The number of aliphatic hydroxyl groups excluding tert-OH is 4. The van der Waals surface area contributed by atoms with Gasteiger partial charge in [-0.2, -0.15) is 0 Å². The molecule has 3 heterocycles. The van der Waals surface area contributed by atoms with Gasteiger partial charge in [0.05, 0.1) is 18.8 Å². The first kappa shape index (κ1) is 38.2. The van der Waals surface area contributed by atoms with Gasteiger partial charge in [0.1, 0.15) is 41.5 Å². The fourth-order valence-electron chi connectivity index (χ4n) is 6.98. The van der Waals surface area contributed by atoms with Crippen LogP contribution in [0.15, 0.2) is 29.2 Å². The predicted octanol–water partition coefficient (Wildman–Crippen LogP) is 3.39. The maximum Gasteiger partial charge on any atom is 0.411 e. The van der Waals surface area contributed by atoms with Gasteiger partial charge in [-0.15, -0.1) is 23.5 Å². The van der Waals surface area contributed by atoms with Gasteiger partial charge in [0.25, 0.3) is 0 Å². The molecule has 3 aliphatic rings. The molecule has 266 valence electrons. The van der Waals surface area contributed by atoms with Crippen molar-refractivity contribution in [3.8, 4) is 0 Å². The van der Waals surface area contributed by atoms with Crippen LogP contribution in [-0.4, -0.2) is 116 Å². The van der Waals surface area contributed by atoms with E-state index in [2.05, 4.69) is 19.2 Å². The van der Waals surface area contributed by atoms with Crippen molar-refractivity contribution in [3.63, 3.8) is 0 Å². The van der Waals surface area contributed by atoms with E-state index in [-0.39, 0.29) is 12.5 Å². The number of aliphatic hydroxyl groups is 4. The Kier molecular flexibility index (Phi) is 13.4. The van der Waals surface area contributed by atoms with Crippen LogP contribution in [0.2, 0.25) is 0 Å². The molecule has 3 fully saturated rings. The largest absolute Gasteiger partial charge is 0.444 e. The van der Waals surface area contributed by atoms with Crippen molar-refractivity contribution in [2.24, 2.45) is 17.8 Å². The zero-order valence-electron chi connectivity index (χ0n) is 28.6. The Morgan fingerprint density at radius 1 is 1.09 bits per heavy atom. The van der Waals surface area contributed by atoms with E-state index in [1.165, 1.54) is 28.4 Å². The first-order valence-corrected chi connectivity index (χ1v) is 18.8. The van der Waals surface area contributed by atoms with Crippen LogP contribution >= 0.6 is 23.5 Å². The van der Waals surface area contributed by atoms with E-state index < -0.39 is 70.9 Å². The second kappa shape index (κ2) is 16.4. The molecule has 11 nitrogen and oxygen atoms in total. The number of thioether (sulfide) groups is 2. The third-order valence-electron chi connectivity index (χ3n) is 9.15. The molecule has 0 aliphatic carbocycles. The Morgan fingerprint density at radius 3 is 2.36 bits per heavy atom. The molecule has 0 aromatic heterocycles. The number of amides is 2. The smallest absolute Gasteiger partial charge is 0.411 e. The number of ether oxygens (including phenoxy) is 3. The number of hydrogen-bond donors (Lipinski definition) is 5. The van der Waals surface area contributed by atoms with Crippen molar-refractivity contribution >= 4 is 35.5 Å². The van der Waals surface area contributed by atoms with Crippen LogP contribution in [0.25, 0.3) is 0 Å². The highest BCUT2D eigenvalue weighted by Crippen LogP contribution is 2.39. The number of benzene rings is 1. The third-order valence-corrected chi connectivity index (χ3v) is 11.2. The van der Waals surface area contributed by atoms with E-state index >= 15 is 0 Å². The summed E-state index contributed by atoms with van der Waals surface area (Å²) in [7, 11) is 0. The Labute approximate surface area is 287 Å². The molecule has 1 aromatic carbocycles. The molecule has 3 unspecified atom stereocenters. The van der Waals surface area contributed by atoms with E-state index in [0.717, 1.165) is 29.7 Å². The van der Waals surface area contributed by atoms with E-state index in [0.29, 0.717) is 25.0 Å². The molecular formula is C34H54N2O9S2. The lowest BCUT2D eigenvalue weighted by Crippen LogP contribution is -2.66. The molecule has 47 heavy (non-hydrogen) atoms. The number of hydrogen-bond acceptors (Lipinski definition) is 11. The first-order valence-electron chi connectivity index (χ1n) is 16.6. The number of rotatable bonds is 10. The predicted molar refractivity (Wildman–Crippen MR) is 182 cm³/mol. The van der Waals surface area contributed by atoms with Crippen LogP contribution in [0.3, 0.4) is 0 Å². The summed E-state index contributed by atoms with van der Waals surface area (Å²) >= 11 is 2.63. The molecule has 5 N–H and O–H groups in total. The molecular weight excluding hydrogens is 645 g/mol. The van der Waals surface area contributed by atoms with Gasteiger partial charge in [-0.05, 0) is 75.8 Å². The number of likely N-dealkylation sites (tertiary alicyclic amines) is 1. The summed E-state index contributed by atoms with van der Waals surface area (Å²) in [5, 5.41) is 44.8. The van der Waals surface area contributed by atoms with Gasteiger partial charge >= 0.3 is 6.09 Å². The van der Waals surface area contributed by atoms with E-state index in [4.69, 9.17) is 14.2 Å². The minimum absolute atomic E-state index is 0.0610. The zero-order chi connectivity index (χ0) is 34.6. The van der Waals surface area contributed by atoms with Crippen molar-refractivity contribution in [2.45, 2.75) is 131 Å². The lowest BCUT2D eigenvalue weighted by Gasteiger charge is -2.45. The summed E-state index contributed by atoms with van der Waals surface area (Å²) in [6.07, 6.45) is -2.04. The number of nitrogens with one attached hydrogen (secondary N) is 1. The first-order chi connectivity index (χ1) is 22.1. The average Bonchev–Trinajstić information content (AvgIpc) is 3.25. The SMILES string of the molecule is CSC1O[C@H]([C@H](NC(=O)[C@@H]2[C@@H]3OCC[C@@H](CC(C)C)C[C@H]3CN2C(=O)OC(C)(C)C)[C@H](C)Sc2ccc(CO)cc2)C(O)C(O)[C@H]1O. The van der Waals surface area contributed by atoms with Gasteiger partial charge < -0.3 is 40.0 Å². The quantitative estimate of drug-likeness (QED) is 0.228. The lowest BCUT2D eigenvalue weighted by molar-refractivity contribution is -0.205. The van der Waals surface area contributed by atoms with Crippen molar-refractivity contribution in [3.05, 3.63) is 29.8 Å². The van der Waals surface area contributed by atoms with Crippen LogP contribution in [0.4, 0.5) is 4.79 Å². The molecule has 0 radical (unpaired) electrons. The van der Waals surface area contributed by atoms with Gasteiger partial charge in [0, 0.05) is 29.2 Å². The summed E-state index contributed by atoms with van der Waals surface area (Å²) in [6.45, 7) is 12.4. The highest BCUT2D eigenvalue weighted by molar-refractivity contribution is 8.00. The molecule has 13 heteroatoms. The molecule has 0 bridgehead atoms. The van der Waals surface area contributed by atoms with Crippen LogP contribution in [0, 0.1) is 17.8 Å². The van der Waals surface area contributed by atoms with Crippen molar-refractivity contribution in [2.75, 3.05) is 19.4 Å². The minimum atomic E-state index is -1.50. The highest BCUT2D eigenvalue weighted by Gasteiger charge is 2.53. The summed E-state index contributed by atoms with van der Waals surface area (Å²) in [5.41, 5.74) is -0.849. The van der Waals surface area contributed by atoms with E-state index in [9.17, 15) is 30.0 Å². The number of fused-ring (bicyclic) bond motifs is 1. The lowest BCUT2D eigenvalue weighted by atomic mass is 9.85. The van der Waals surface area contributed by atoms with Gasteiger partial charge in [-0.25, -0.2) is 4.79 Å². The van der Waals surface area contributed by atoms with Crippen LogP contribution in [0.5, 0.6) is 0 Å². The van der Waals surface area contributed by atoms with Crippen molar-refractivity contribution < 1.29 is 44.2 Å². The zero-order valence-corrected chi connectivity index (χ0v) is 30.2. The fraction of sp³-hybridized carbons (Fsp3) is 0.765. The molecule has 11 atom stereocenters. The van der Waals surface area contributed by atoms with Crippen LogP contribution in [-0.2, 0) is 25.6 Å². The number of nitrogens with zero attached hydrogens (tertiary/aromatic N) is 1. The standard InChI is InChI=1S/C34H54N2O9S2/c1-18(2)14-21-12-13-43-29-22(15-21)16-36(33(42)45-34(4,5)6)25(29)31(41)35-24(19(3)47-23-10-8-20(17-37)9-11-23)30-27(39)26(38)28(40)32(44-30)46-7/h8-11,18-19,21-22,24-30,32,37-40H,12-17H2,1-7H3,(H,35,41)/t19-,21-,22-,24+,25-,26?,27?,28+,29+,30+,32?/m0/s1. The number of carbonyl (C=O) groups is 2. The molecule has 1 aromatic rings. The van der Waals surface area contributed by atoms with Crippen LogP contribution < -0.4 is 5.32 Å². The Balaban J connectivity index is 1.66. The van der Waals surface area contributed by atoms with E-state index in [1.54, 1.807) is 27.0 Å². The third kappa shape index (κ3) is 9.56. The normalized spacial score (nSPS) is 32.8. The Bertz CT molecular complexity index is 1180. The monoisotopic (exact) mass is 698 g/mol. The fourth-order valence-corrected chi connectivity index (χ4v) is 8.75. The highest BCUT2D eigenvalue weighted by atomic mass is 32.2. The molecule has 4 rings (SSSR count). The molecule has 2 amide bonds. The molecule has 3 saturated heterocycles. The minimum Gasteiger partial charge on any atom is -0.444 e. The molecule has 0 spiro atoms. The van der Waals surface area contributed by atoms with Crippen molar-refractivity contribution in [1.29, 1.82) is 0 Å². The van der Waals surface area contributed by atoms with Gasteiger partial charge in [-0.3, -0.25) is 9.69 Å². The summed E-state index contributed by atoms with van der Waals surface area (Å²) < 4.78 is 18.3. The van der Waals surface area contributed by atoms with Gasteiger partial charge in [-0.1, -0.05) is 32.9 Å². The van der Waals surface area contributed by atoms with Crippen LogP contribution in [0.1, 0.15) is 66.4 Å². The van der Waals surface area contributed by atoms with Crippen molar-refractivity contribution in [1.82, 2.24) is 10.2 Å². The summed E-state index contributed by atoms with van der Waals surface area (Å²) in [5.74, 6) is 0.403. The van der Waals surface area contributed by atoms with Gasteiger partial charge in [0.15, 0.2) is 0 Å². The Hall–Kier alpha value is -1.58. The average molecular weight is 699 g/mol. The summed E-state index contributed by atoms with van der Waals surface area (Å²) in [4.78, 5) is 30.5. The summed E-state index contributed by atoms with van der Waals surface area (Å²) in [6, 6.07) is 5.52. The molecule has 0 saturated carbocycles. The number of carbonyl (C=O) groups excluding carboxylic acids is 2. The van der Waals surface area contributed by atoms with Gasteiger partial charge in [0.2, 0.25) is 5.91 Å². The van der Waals surface area contributed by atoms with E-state index in [1.807, 2.05) is 31.2 Å². The Morgan fingerprint density at radius 2 is 1.77 bits per heavy atom. The second-order valence-corrected chi connectivity index (χ2v) is 16.9. The molecule has 3 aliphatic heterocycles. The maximum atomic E-state index is 14.5.